The molecule has 0 unspecified atom stereocenters. The van der Waals surface area contributed by atoms with Crippen molar-refractivity contribution in [1.29, 1.82) is 0 Å². The predicted octanol–water partition coefficient (Wildman–Crippen LogP) is 2.72. The monoisotopic (exact) mass is 286 g/mol. The second-order valence-corrected chi connectivity index (χ2v) is 3.96. The first-order valence-electron chi connectivity index (χ1n) is 3.92. The maximum Gasteiger partial charge on any atom is 0.232 e. The summed E-state index contributed by atoms with van der Waals surface area (Å²) in [6.45, 7) is 0. The zero-order valence-electron chi connectivity index (χ0n) is 7.28. The van der Waals surface area contributed by atoms with Crippen molar-refractivity contribution in [3.05, 3.63) is 45.8 Å². The molecule has 0 radical (unpaired) electrons. The SMILES string of the molecule is O=C(c1cc(Br)co1)c1cncnc1Cl. The lowest BCUT2D eigenvalue weighted by molar-refractivity contribution is 0.101. The Labute approximate surface area is 98.4 Å². The van der Waals surface area contributed by atoms with Crippen LogP contribution >= 0.6 is 27.5 Å². The van der Waals surface area contributed by atoms with Crippen molar-refractivity contribution in [2.45, 2.75) is 0 Å². The predicted molar refractivity (Wildman–Crippen MR) is 56.9 cm³/mol. The first-order chi connectivity index (χ1) is 7.18. The molecule has 2 aromatic heterocycles. The first-order valence-corrected chi connectivity index (χ1v) is 5.10. The summed E-state index contributed by atoms with van der Waals surface area (Å²) >= 11 is 8.93. The van der Waals surface area contributed by atoms with Gasteiger partial charge in [0.2, 0.25) is 5.78 Å². The number of rotatable bonds is 2. The van der Waals surface area contributed by atoms with Gasteiger partial charge in [-0.1, -0.05) is 11.6 Å². The third-order valence-corrected chi connectivity index (χ3v) is 2.42. The zero-order chi connectivity index (χ0) is 10.8. The summed E-state index contributed by atoms with van der Waals surface area (Å²) in [5, 5.41) is 0.113. The van der Waals surface area contributed by atoms with Crippen molar-refractivity contribution in [2.75, 3.05) is 0 Å². The molecule has 0 saturated carbocycles. The number of ketones is 1. The fourth-order valence-corrected chi connectivity index (χ4v) is 1.51. The van der Waals surface area contributed by atoms with E-state index < -0.39 is 0 Å². The number of carbonyl (C=O) groups is 1. The van der Waals surface area contributed by atoms with Crippen LogP contribution in [0.2, 0.25) is 5.15 Å². The van der Waals surface area contributed by atoms with Crippen LogP contribution in [-0.4, -0.2) is 15.8 Å². The van der Waals surface area contributed by atoms with Crippen LogP contribution in [0, 0.1) is 0 Å². The van der Waals surface area contributed by atoms with Gasteiger partial charge in [-0.15, -0.1) is 0 Å². The number of nitrogens with zero attached hydrogens (tertiary/aromatic N) is 2. The third kappa shape index (κ3) is 2.08. The fraction of sp³-hybridized carbons (Fsp3) is 0. The normalized spacial score (nSPS) is 10.3. The highest BCUT2D eigenvalue weighted by molar-refractivity contribution is 9.10. The average molecular weight is 288 g/mol. The molecule has 6 heteroatoms. The number of aromatic nitrogens is 2. The summed E-state index contributed by atoms with van der Waals surface area (Å²) in [5.74, 6) is -0.148. The molecule has 0 aromatic carbocycles. The van der Waals surface area contributed by atoms with Gasteiger partial charge in [0.05, 0.1) is 10.0 Å². The van der Waals surface area contributed by atoms with Gasteiger partial charge in [0.25, 0.3) is 0 Å². The highest BCUT2D eigenvalue weighted by Crippen LogP contribution is 2.20. The molecular formula is C9H4BrClN2O2. The van der Waals surface area contributed by atoms with Crippen LogP contribution < -0.4 is 0 Å². The summed E-state index contributed by atoms with van der Waals surface area (Å²) < 4.78 is 5.72. The minimum atomic E-state index is -0.341. The average Bonchev–Trinajstić information content (AvgIpc) is 2.65. The van der Waals surface area contributed by atoms with Crippen LogP contribution in [0.4, 0.5) is 0 Å². The molecule has 2 aromatic rings. The van der Waals surface area contributed by atoms with E-state index in [0.29, 0.717) is 4.47 Å². The van der Waals surface area contributed by atoms with E-state index in [9.17, 15) is 4.79 Å². The van der Waals surface area contributed by atoms with Crippen LogP contribution in [0.1, 0.15) is 16.1 Å². The van der Waals surface area contributed by atoms with Crippen LogP contribution in [0.5, 0.6) is 0 Å². The Morgan fingerprint density at radius 1 is 1.53 bits per heavy atom. The van der Waals surface area contributed by atoms with Crippen LogP contribution in [0.15, 0.2) is 33.7 Å². The lowest BCUT2D eigenvalue weighted by Crippen LogP contribution is -2.02. The highest BCUT2D eigenvalue weighted by atomic mass is 79.9. The number of hydrogen-bond donors (Lipinski definition) is 0. The molecule has 0 amide bonds. The minimum Gasteiger partial charge on any atom is -0.460 e. The van der Waals surface area contributed by atoms with E-state index in [1.165, 1.54) is 18.8 Å². The van der Waals surface area contributed by atoms with E-state index in [-0.39, 0.29) is 22.3 Å². The van der Waals surface area contributed by atoms with Gasteiger partial charge in [-0.25, -0.2) is 9.97 Å². The molecule has 0 saturated heterocycles. The molecule has 4 nitrogen and oxygen atoms in total. The first kappa shape index (κ1) is 10.3. The Morgan fingerprint density at radius 2 is 2.33 bits per heavy atom. The molecule has 0 bridgehead atoms. The molecule has 0 fully saturated rings. The minimum absolute atomic E-state index is 0.113. The van der Waals surface area contributed by atoms with Gasteiger partial charge >= 0.3 is 0 Å². The van der Waals surface area contributed by atoms with E-state index in [1.54, 1.807) is 6.07 Å². The van der Waals surface area contributed by atoms with Gasteiger partial charge in [-0.3, -0.25) is 4.79 Å². The quantitative estimate of drug-likeness (QED) is 0.629. The lowest BCUT2D eigenvalue weighted by atomic mass is 10.2. The Balaban J connectivity index is 2.41. The molecule has 2 heterocycles. The summed E-state index contributed by atoms with van der Waals surface area (Å²) in [4.78, 5) is 19.2. The summed E-state index contributed by atoms with van der Waals surface area (Å²) in [5.41, 5.74) is 0.223. The van der Waals surface area contributed by atoms with Crippen molar-refractivity contribution in [3.63, 3.8) is 0 Å². The van der Waals surface area contributed by atoms with Crippen LogP contribution in [0.3, 0.4) is 0 Å². The third-order valence-electron chi connectivity index (χ3n) is 1.70. The fourth-order valence-electron chi connectivity index (χ4n) is 1.03. The summed E-state index contributed by atoms with van der Waals surface area (Å²) in [6.07, 6.45) is 4.05. The molecule has 76 valence electrons. The van der Waals surface area contributed by atoms with Crippen LogP contribution in [0.25, 0.3) is 0 Å². The largest absolute Gasteiger partial charge is 0.460 e. The number of carbonyl (C=O) groups excluding carboxylic acids is 1. The van der Waals surface area contributed by atoms with Crippen molar-refractivity contribution >= 4 is 33.3 Å². The smallest absolute Gasteiger partial charge is 0.232 e. The lowest BCUT2D eigenvalue weighted by Gasteiger charge is -1.97. The Hall–Kier alpha value is -1.20. The molecule has 0 aliphatic heterocycles. The highest BCUT2D eigenvalue weighted by Gasteiger charge is 2.17. The maximum atomic E-state index is 11.8. The number of furan rings is 1. The van der Waals surface area contributed by atoms with E-state index in [0.717, 1.165) is 0 Å². The number of hydrogen-bond acceptors (Lipinski definition) is 4. The van der Waals surface area contributed by atoms with Crippen LogP contribution in [-0.2, 0) is 0 Å². The van der Waals surface area contributed by atoms with Gasteiger partial charge < -0.3 is 4.42 Å². The molecule has 0 N–H and O–H groups in total. The zero-order valence-corrected chi connectivity index (χ0v) is 9.62. The van der Waals surface area contributed by atoms with E-state index in [1.807, 2.05) is 0 Å². The molecule has 15 heavy (non-hydrogen) atoms. The maximum absolute atomic E-state index is 11.8. The summed E-state index contributed by atoms with van der Waals surface area (Å²) in [6, 6.07) is 1.56. The van der Waals surface area contributed by atoms with Gasteiger partial charge in [0.15, 0.2) is 5.76 Å². The standard InChI is InChI=1S/C9H4BrClN2O2/c10-5-1-7(15-3-5)8(14)6-2-12-4-13-9(6)11/h1-4H. The molecule has 0 aliphatic carbocycles. The molecular weight excluding hydrogens is 283 g/mol. The van der Waals surface area contributed by atoms with E-state index >= 15 is 0 Å². The molecule has 0 atom stereocenters. The van der Waals surface area contributed by atoms with Crippen molar-refractivity contribution in [3.8, 4) is 0 Å². The second kappa shape index (κ2) is 4.12. The van der Waals surface area contributed by atoms with Gasteiger partial charge in [0.1, 0.15) is 17.7 Å². The molecule has 0 aliphatic rings. The number of halogens is 2. The van der Waals surface area contributed by atoms with E-state index in [4.69, 9.17) is 16.0 Å². The topological polar surface area (TPSA) is 56.0 Å². The van der Waals surface area contributed by atoms with Gasteiger partial charge in [-0.2, -0.15) is 0 Å². The van der Waals surface area contributed by atoms with Crippen molar-refractivity contribution in [2.24, 2.45) is 0 Å². The van der Waals surface area contributed by atoms with Crippen molar-refractivity contribution in [1.82, 2.24) is 9.97 Å². The van der Waals surface area contributed by atoms with Gasteiger partial charge in [0, 0.05) is 12.3 Å². The van der Waals surface area contributed by atoms with E-state index in [2.05, 4.69) is 25.9 Å². The van der Waals surface area contributed by atoms with Gasteiger partial charge in [-0.05, 0) is 15.9 Å². The Bertz CT molecular complexity index is 512. The Morgan fingerprint density at radius 3 is 2.93 bits per heavy atom. The van der Waals surface area contributed by atoms with Crippen molar-refractivity contribution < 1.29 is 9.21 Å². The second-order valence-electron chi connectivity index (χ2n) is 2.69. The molecule has 2 rings (SSSR count). The Kier molecular flexibility index (Phi) is 2.83. The summed E-state index contributed by atoms with van der Waals surface area (Å²) in [7, 11) is 0. The molecule has 0 spiro atoms.